The van der Waals surface area contributed by atoms with Crippen LogP contribution in [0.3, 0.4) is 0 Å². The molecule has 0 bridgehead atoms. The molecule has 1 unspecified atom stereocenters. The average molecular weight is 241 g/mol. The fourth-order valence-corrected chi connectivity index (χ4v) is 2.27. The maximum absolute atomic E-state index is 5.84. The van der Waals surface area contributed by atoms with Crippen molar-refractivity contribution in [3.8, 4) is 5.75 Å². The van der Waals surface area contributed by atoms with Crippen molar-refractivity contribution in [2.75, 3.05) is 12.3 Å². The molecule has 2 aromatic rings. The number of nitrogens with two attached hydrogens (primary N) is 1. The van der Waals surface area contributed by atoms with Crippen LogP contribution in [-0.4, -0.2) is 16.6 Å². The number of benzene rings is 1. The minimum absolute atomic E-state index is 0.118. The Balaban J connectivity index is 2.02. The summed E-state index contributed by atoms with van der Waals surface area (Å²) in [4.78, 5) is 8.91. The molecule has 0 amide bonds. The summed E-state index contributed by atoms with van der Waals surface area (Å²) in [6, 6.07) is 8.03. The zero-order chi connectivity index (χ0) is 12.5. The van der Waals surface area contributed by atoms with Gasteiger partial charge in [0.25, 0.3) is 0 Å². The van der Waals surface area contributed by atoms with E-state index < -0.39 is 0 Å². The van der Waals surface area contributed by atoms with Crippen molar-refractivity contribution in [2.45, 2.75) is 19.3 Å². The topological polar surface area (TPSA) is 61.0 Å². The molecule has 0 aliphatic carbocycles. The lowest BCUT2D eigenvalue weighted by atomic mass is 10.0. The fraction of sp³-hybridized carbons (Fsp3) is 0.286. The number of anilines is 1. The van der Waals surface area contributed by atoms with E-state index in [9.17, 15) is 0 Å². The molecule has 2 heterocycles. The van der Waals surface area contributed by atoms with Gasteiger partial charge in [0.05, 0.1) is 23.5 Å². The first-order valence-corrected chi connectivity index (χ1v) is 6.12. The predicted molar refractivity (Wildman–Crippen MR) is 69.6 cm³/mol. The monoisotopic (exact) mass is 241 g/mol. The highest BCUT2D eigenvalue weighted by atomic mass is 16.5. The standard InChI is InChI=1S/C14H15N3O/c1-2-12-11(15)7-16-14(17-12)10-8-18-13-6-4-3-5-9(10)13/h3-7,10H,2,8,15H2,1H3. The lowest BCUT2D eigenvalue weighted by Crippen LogP contribution is -2.10. The number of rotatable bonds is 2. The van der Waals surface area contributed by atoms with Gasteiger partial charge in [0.1, 0.15) is 18.2 Å². The molecule has 0 radical (unpaired) electrons. The third kappa shape index (κ3) is 1.70. The average Bonchev–Trinajstić information content (AvgIpc) is 2.83. The van der Waals surface area contributed by atoms with E-state index in [2.05, 4.69) is 16.0 Å². The summed E-state index contributed by atoms with van der Waals surface area (Å²) in [6.07, 6.45) is 2.51. The van der Waals surface area contributed by atoms with Gasteiger partial charge in [-0.05, 0) is 12.5 Å². The number of hydrogen-bond donors (Lipinski definition) is 1. The summed E-state index contributed by atoms with van der Waals surface area (Å²) in [5, 5.41) is 0. The SMILES string of the molecule is CCc1nc(C2COc3ccccc32)ncc1N. The number of aromatic nitrogens is 2. The van der Waals surface area contributed by atoms with Gasteiger partial charge in [-0.25, -0.2) is 9.97 Å². The van der Waals surface area contributed by atoms with Gasteiger partial charge < -0.3 is 10.5 Å². The van der Waals surface area contributed by atoms with Crippen LogP contribution in [0.1, 0.15) is 29.9 Å². The van der Waals surface area contributed by atoms with Crippen LogP contribution in [0.15, 0.2) is 30.5 Å². The Morgan fingerprint density at radius 1 is 1.39 bits per heavy atom. The molecule has 0 saturated heterocycles. The number of ether oxygens (including phenoxy) is 1. The predicted octanol–water partition coefficient (Wildman–Crippen LogP) is 2.15. The zero-order valence-corrected chi connectivity index (χ0v) is 10.3. The van der Waals surface area contributed by atoms with Gasteiger partial charge in [-0.2, -0.15) is 0 Å². The van der Waals surface area contributed by atoms with Gasteiger partial charge in [-0.3, -0.25) is 0 Å². The van der Waals surface area contributed by atoms with E-state index in [-0.39, 0.29) is 5.92 Å². The number of aryl methyl sites for hydroxylation is 1. The molecule has 0 saturated carbocycles. The highest BCUT2D eigenvalue weighted by molar-refractivity contribution is 5.45. The van der Waals surface area contributed by atoms with Crippen molar-refractivity contribution in [2.24, 2.45) is 0 Å². The fourth-order valence-electron chi connectivity index (χ4n) is 2.27. The van der Waals surface area contributed by atoms with E-state index in [1.54, 1.807) is 6.20 Å². The highest BCUT2D eigenvalue weighted by Crippen LogP contribution is 2.36. The number of nitrogen functional groups attached to an aromatic ring is 1. The molecule has 2 N–H and O–H groups in total. The summed E-state index contributed by atoms with van der Waals surface area (Å²) >= 11 is 0. The second-order valence-corrected chi connectivity index (χ2v) is 4.39. The summed E-state index contributed by atoms with van der Waals surface area (Å²) in [5.41, 5.74) is 8.56. The third-order valence-corrected chi connectivity index (χ3v) is 3.27. The van der Waals surface area contributed by atoms with E-state index in [1.807, 2.05) is 25.1 Å². The molecule has 1 aromatic carbocycles. The lowest BCUT2D eigenvalue weighted by Gasteiger charge is -2.09. The smallest absolute Gasteiger partial charge is 0.139 e. The van der Waals surface area contributed by atoms with E-state index in [1.165, 1.54) is 0 Å². The van der Waals surface area contributed by atoms with Gasteiger partial charge in [0, 0.05) is 5.56 Å². The van der Waals surface area contributed by atoms with Crippen LogP contribution in [0.5, 0.6) is 5.75 Å². The van der Waals surface area contributed by atoms with Crippen LogP contribution < -0.4 is 10.5 Å². The molecule has 4 heteroatoms. The Bertz CT molecular complexity index is 583. The summed E-state index contributed by atoms with van der Waals surface area (Å²) in [5.74, 6) is 1.85. The maximum Gasteiger partial charge on any atom is 0.139 e. The number of fused-ring (bicyclic) bond motifs is 1. The van der Waals surface area contributed by atoms with Crippen molar-refractivity contribution >= 4 is 5.69 Å². The molecule has 1 aromatic heterocycles. The van der Waals surface area contributed by atoms with Crippen LogP contribution in [-0.2, 0) is 6.42 Å². The van der Waals surface area contributed by atoms with E-state index in [0.717, 1.165) is 29.3 Å². The first-order chi connectivity index (χ1) is 8.79. The van der Waals surface area contributed by atoms with Crippen LogP contribution in [0.2, 0.25) is 0 Å². The first kappa shape index (κ1) is 11.0. The summed E-state index contributed by atoms with van der Waals surface area (Å²) < 4.78 is 5.66. The van der Waals surface area contributed by atoms with Crippen LogP contribution in [0.25, 0.3) is 0 Å². The van der Waals surface area contributed by atoms with E-state index in [0.29, 0.717) is 12.3 Å². The van der Waals surface area contributed by atoms with Crippen molar-refractivity contribution in [1.29, 1.82) is 0 Å². The normalized spacial score (nSPS) is 17.3. The van der Waals surface area contributed by atoms with Crippen molar-refractivity contribution < 1.29 is 4.74 Å². The van der Waals surface area contributed by atoms with Crippen LogP contribution >= 0.6 is 0 Å². The third-order valence-electron chi connectivity index (χ3n) is 3.27. The summed E-state index contributed by atoms with van der Waals surface area (Å²) in [6.45, 7) is 2.65. The number of para-hydroxylation sites is 1. The molecule has 3 rings (SSSR count). The molecule has 1 atom stereocenters. The molecule has 4 nitrogen and oxygen atoms in total. The Morgan fingerprint density at radius 2 is 2.22 bits per heavy atom. The molecular weight excluding hydrogens is 226 g/mol. The molecule has 0 fully saturated rings. The van der Waals surface area contributed by atoms with E-state index in [4.69, 9.17) is 10.5 Å². The van der Waals surface area contributed by atoms with Gasteiger partial charge >= 0.3 is 0 Å². The minimum Gasteiger partial charge on any atom is -0.492 e. The summed E-state index contributed by atoms with van der Waals surface area (Å²) in [7, 11) is 0. The maximum atomic E-state index is 5.84. The Kier molecular flexibility index (Phi) is 2.63. The van der Waals surface area contributed by atoms with Gasteiger partial charge in [-0.1, -0.05) is 25.1 Å². The second-order valence-electron chi connectivity index (χ2n) is 4.39. The highest BCUT2D eigenvalue weighted by Gasteiger charge is 2.27. The largest absolute Gasteiger partial charge is 0.492 e. The second kappa shape index (κ2) is 4.29. The molecule has 1 aliphatic rings. The van der Waals surface area contributed by atoms with Crippen molar-refractivity contribution in [1.82, 2.24) is 9.97 Å². The molecular formula is C14H15N3O. The Hall–Kier alpha value is -2.10. The van der Waals surface area contributed by atoms with E-state index >= 15 is 0 Å². The van der Waals surface area contributed by atoms with Crippen molar-refractivity contribution in [3.05, 3.63) is 47.5 Å². The van der Waals surface area contributed by atoms with Gasteiger partial charge in [0.15, 0.2) is 0 Å². The first-order valence-electron chi connectivity index (χ1n) is 6.12. The Labute approximate surface area is 106 Å². The quantitative estimate of drug-likeness (QED) is 0.875. The molecule has 0 spiro atoms. The van der Waals surface area contributed by atoms with Gasteiger partial charge in [0.2, 0.25) is 0 Å². The van der Waals surface area contributed by atoms with Gasteiger partial charge in [-0.15, -0.1) is 0 Å². The molecule has 1 aliphatic heterocycles. The molecule has 18 heavy (non-hydrogen) atoms. The minimum atomic E-state index is 0.118. The Morgan fingerprint density at radius 3 is 3.06 bits per heavy atom. The molecule has 92 valence electrons. The van der Waals surface area contributed by atoms with Crippen LogP contribution in [0, 0.1) is 0 Å². The zero-order valence-electron chi connectivity index (χ0n) is 10.3. The number of nitrogens with zero attached hydrogens (tertiary/aromatic N) is 2. The number of hydrogen-bond acceptors (Lipinski definition) is 4. The van der Waals surface area contributed by atoms with Crippen molar-refractivity contribution in [3.63, 3.8) is 0 Å². The lowest BCUT2D eigenvalue weighted by molar-refractivity contribution is 0.339. The van der Waals surface area contributed by atoms with Crippen LogP contribution in [0.4, 0.5) is 5.69 Å².